The van der Waals surface area contributed by atoms with Gasteiger partial charge in [0.15, 0.2) is 6.54 Å². The summed E-state index contributed by atoms with van der Waals surface area (Å²) < 4.78 is 27.0. The molecule has 1 amide bonds. The summed E-state index contributed by atoms with van der Waals surface area (Å²) in [5, 5.41) is 3.16. The van der Waals surface area contributed by atoms with Crippen LogP contribution in [0.3, 0.4) is 0 Å². The Bertz CT molecular complexity index is 880. The predicted octanol–water partition coefficient (Wildman–Crippen LogP) is 1.23. The molecular weight excluding hydrogens is 386 g/mol. The normalized spacial score (nSPS) is 17.0. The predicted molar refractivity (Wildman–Crippen MR) is 113 cm³/mol. The molecule has 3 rings (SSSR count). The van der Waals surface area contributed by atoms with Crippen LogP contribution in [-0.2, 0) is 14.8 Å². The van der Waals surface area contributed by atoms with Gasteiger partial charge in [-0.15, -0.1) is 0 Å². The van der Waals surface area contributed by atoms with Crippen molar-refractivity contribution in [2.45, 2.75) is 30.7 Å². The number of benzene rings is 2. The molecule has 29 heavy (non-hydrogen) atoms. The lowest BCUT2D eigenvalue weighted by Crippen LogP contribution is -3.15. The maximum Gasteiger partial charge on any atom is 0.275 e. The second-order valence-electron chi connectivity index (χ2n) is 7.46. The molecule has 2 N–H and O–H groups in total. The van der Waals surface area contributed by atoms with Crippen molar-refractivity contribution in [2.24, 2.45) is 0 Å². The molecule has 0 saturated carbocycles. The summed E-state index contributed by atoms with van der Waals surface area (Å²) in [5.41, 5.74) is 1.12. The Morgan fingerprint density at radius 2 is 1.62 bits per heavy atom. The molecule has 1 atom stereocenters. The molecule has 1 heterocycles. The highest BCUT2D eigenvalue weighted by atomic mass is 32.2. The van der Waals surface area contributed by atoms with E-state index < -0.39 is 10.0 Å². The summed E-state index contributed by atoms with van der Waals surface area (Å²) in [6.45, 7) is 4.59. The van der Waals surface area contributed by atoms with Gasteiger partial charge in [0.2, 0.25) is 10.0 Å². The van der Waals surface area contributed by atoms with E-state index >= 15 is 0 Å². The van der Waals surface area contributed by atoms with E-state index in [4.69, 9.17) is 0 Å². The monoisotopic (exact) mass is 416 g/mol. The van der Waals surface area contributed by atoms with Crippen molar-refractivity contribution in [1.29, 1.82) is 0 Å². The molecule has 1 aliphatic heterocycles. The van der Waals surface area contributed by atoms with E-state index in [1.54, 1.807) is 30.3 Å². The van der Waals surface area contributed by atoms with Crippen molar-refractivity contribution < 1.29 is 18.1 Å². The van der Waals surface area contributed by atoms with Gasteiger partial charge in [-0.05, 0) is 24.1 Å². The van der Waals surface area contributed by atoms with Crippen molar-refractivity contribution in [1.82, 2.24) is 9.62 Å². The summed E-state index contributed by atoms with van der Waals surface area (Å²) in [6, 6.07) is 18.6. The van der Waals surface area contributed by atoms with Crippen LogP contribution in [0.1, 0.15) is 31.4 Å². The van der Waals surface area contributed by atoms with Gasteiger partial charge in [0, 0.05) is 0 Å². The third-order valence-electron chi connectivity index (χ3n) is 5.34. The van der Waals surface area contributed by atoms with Crippen LogP contribution in [0.15, 0.2) is 65.6 Å². The van der Waals surface area contributed by atoms with Crippen LogP contribution >= 0.6 is 0 Å². The molecule has 0 unspecified atom stereocenters. The van der Waals surface area contributed by atoms with Crippen molar-refractivity contribution in [3.05, 3.63) is 66.2 Å². The number of nitrogens with zero attached hydrogens (tertiary/aromatic N) is 1. The largest absolute Gasteiger partial charge is 0.344 e. The SMILES string of the molecule is CCC[C@H](NC(=O)C[NH+]1CCN(S(=O)(=O)c2ccccc2)CC1)c1ccccc1. The topological polar surface area (TPSA) is 70.9 Å². The van der Waals surface area contributed by atoms with Crippen molar-refractivity contribution >= 4 is 15.9 Å². The van der Waals surface area contributed by atoms with Crippen LogP contribution in [0.4, 0.5) is 0 Å². The average Bonchev–Trinajstić information content (AvgIpc) is 2.75. The fourth-order valence-corrected chi connectivity index (χ4v) is 5.19. The quantitative estimate of drug-likeness (QED) is 0.680. The van der Waals surface area contributed by atoms with Gasteiger partial charge in [-0.3, -0.25) is 4.79 Å². The van der Waals surface area contributed by atoms with Gasteiger partial charge < -0.3 is 10.2 Å². The van der Waals surface area contributed by atoms with E-state index in [1.165, 1.54) is 4.31 Å². The first-order valence-electron chi connectivity index (χ1n) is 10.2. The Balaban J connectivity index is 1.53. The number of quaternary nitrogens is 1. The minimum atomic E-state index is -3.46. The van der Waals surface area contributed by atoms with E-state index in [1.807, 2.05) is 30.3 Å². The van der Waals surface area contributed by atoms with Crippen LogP contribution in [0, 0.1) is 0 Å². The van der Waals surface area contributed by atoms with Gasteiger partial charge in [-0.1, -0.05) is 61.9 Å². The second-order valence-corrected chi connectivity index (χ2v) is 9.40. The number of sulfonamides is 1. The molecule has 2 aromatic rings. The third kappa shape index (κ3) is 5.65. The Kier molecular flexibility index (Phi) is 7.41. The van der Waals surface area contributed by atoms with Gasteiger partial charge in [-0.2, -0.15) is 4.31 Å². The molecule has 6 nitrogen and oxygen atoms in total. The molecule has 0 aliphatic carbocycles. The molecule has 0 spiro atoms. The van der Waals surface area contributed by atoms with E-state index in [0.717, 1.165) is 23.3 Å². The van der Waals surface area contributed by atoms with E-state index in [-0.39, 0.29) is 11.9 Å². The zero-order chi connectivity index (χ0) is 20.7. The number of rotatable bonds is 8. The first-order valence-corrected chi connectivity index (χ1v) is 11.7. The number of carbonyl (C=O) groups is 1. The second kappa shape index (κ2) is 10.0. The highest BCUT2D eigenvalue weighted by Crippen LogP contribution is 2.18. The van der Waals surface area contributed by atoms with Gasteiger partial charge >= 0.3 is 0 Å². The number of nitrogens with one attached hydrogen (secondary N) is 2. The summed E-state index contributed by atoms with van der Waals surface area (Å²) in [6.07, 6.45) is 1.89. The first-order chi connectivity index (χ1) is 14.0. The molecule has 1 aliphatic rings. The summed E-state index contributed by atoms with van der Waals surface area (Å²) in [7, 11) is -3.46. The lowest BCUT2D eigenvalue weighted by molar-refractivity contribution is -0.895. The van der Waals surface area contributed by atoms with Crippen LogP contribution in [-0.4, -0.2) is 51.4 Å². The van der Waals surface area contributed by atoms with Crippen LogP contribution in [0.2, 0.25) is 0 Å². The minimum Gasteiger partial charge on any atom is -0.344 e. The fraction of sp³-hybridized carbons (Fsp3) is 0.409. The summed E-state index contributed by atoms with van der Waals surface area (Å²) in [5.74, 6) is 0.0154. The Morgan fingerprint density at radius 3 is 2.21 bits per heavy atom. The highest BCUT2D eigenvalue weighted by Gasteiger charge is 2.31. The third-order valence-corrected chi connectivity index (χ3v) is 7.25. The summed E-state index contributed by atoms with van der Waals surface area (Å²) >= 11 is 0. The zero-order valence-corrected chi connectivity index (χ0v) is 17.7. The lowest BCUT2D eigenvalue weighted by Gasteiger charge is -2.31. The Labute approximate surface area is 173 Å². The number of amides is 1. The average molecular weight is 417 g/mol. The van der Waals surface area contributed by atoms with Crippen LogP contribution < -0.4 is 10.2 Å². The molecule has 0 aromatic heterocycles. The van der Waals surface area contributed by atoms with Crippen LogP contribution in [0.5, 0.6) is 0 Å². The van der Waals surface area contributed by atoms with E-state index in [2.05, 4.69) is 12.2 Å². The molecule has 1 fully saturated rings. The fourth-order valence-electron chi connectivity index (χ4n) is 3.73. The number of hydrogen-bond acceptors (Lipinski definition) is 3. The van der Waals surface area contributed by atoms with Gasteiger partial charge in [0.05, 0.1) is 37.1 Å². The van der Waals surface area contributed by atoms with Crippen molar-refractivity contribution in [2.75, 3.05) is 32.7 Å². The van der Waals surface area contributed by atoms with Gasteiger partial charge in [-0.25, -0.2) is 8.42 Å². The highest BCUT2D eigenvalue weighted by molar-refractivity contribution is 7.89. The molecule has 1 saturated heterocycles. The minimum absolute atomic E-state index is 0.0154. The zero-order valence-electron chi connectivity index (χ0n) is 16.9. The van der Waals surface area contributed by atoms with Crippen molar-refractivity contribution in [3.8, 4) is 0 Å². The van der Waals surface area contributed by atoms with E-state index in [9.17, 15) is 13.2 Å². The Hall–Kier alpha value is -2.22. The van der Waals surface area contributed by atoms with Crippen molar-refractivity contribution in [3.63, 3.8) is 0 Å². The Morgan fingerprint density at radius 1 is 1.03 bits per heavy atom. The smallest absolute Gasteiger partial charge is 0.275 e. The molecule has 156 valence electrons. The van der Waals surface area contributed by atoms with Gasteiger partial charge in [0.25, 0.3) is 5.91 Å². The standard InChI is InChI=1S/C22H29N3O3S/c1-2-9-21(19-10-5-3-6-11-19)23-22(26)18-24-14-16-25(17-15-24)29(27,28)20-12-7-4-8-13-20/h3-8,10-13,21H,2,9,14-18H2,1H3,(H,23,26)/p+1/t21-/m0/s1. The number of hydrogen-bond donors (Lipinski definition) is 2. The van der Waals surface area contributed by atoms with Crippen LogP contribution in [0.25, 0.3) is 0 Å². The van der Waals surface area contributed by atoms with Gasteiger partial charge in [0.1, 0.15) is 0 Å². The number of piperazine rings is 1. The first kappa shape index (κ1) is 21.5. The molecule has 0 bridgehead atoms. The maximum absolute atomic E-state index is 12.7. The number of carbonyl (C=O) groups excluding carboxylic acids is 1. The molecule has 2 aromatic carbocycles. The molecule has 7 heteroatoms. The molecular formula is C22H30N3O3S+. The van der Waals surface area contributed by atoms with E-state index in [0.29, 0.717) is 37.6 Å². The lowest BCUT2D eigenvalue weighted by atomic mass is 10.0. The maximum atomic E-state index is 12.7. The summed E-state index contributed by atoms with van der Waals surface area (Å²) in [4.78, 5) is 14.0. The molecule has 0 radical (unpaired) electrons.